The van der Waals surface area contributed by atoms with Gasteiger partial charge in [0.15, 0.2) is 0 Å². The van der Waals surface area contributed by atoms with Crippen LogP contribution in [0.15, 0.2) is 18.2 Å². The molecule has 0 aromatic heterocycles. The Morgan fingerprint density at radius 1 is 1.30 bits per heavy atom. The smallest absolute Gasteiger partial charge is 0.126 e. The first-order valence-corrected chi connectivity index (χ1v) is 7.52. The molecule has 1 fully saturated rings. The van der Waals surface area contributed by atoms with E-state index < -0.39 is 11.6 Å². The molecule has 4 heteroatoms. The third-order valence-electron chi connectivity index (χ3n) is 4.25. The van der Waals surface area contributed by atoms with Gasteiger partial charge >= 0.3 is 0 Å². The first-order chi connectivity index (χ1) is 9.58. The van der Waals surface area contributed by atoms with E-state index in [1.807, 2.05) is 0 Å². The van der Waals surface area contributed by atoms with E-state index in [2.05, 4.69) is 11.8 Å². The van der Waals surface area contributed by atoms with Crippen molar-refractivity contribution in [2.24, 2.45) is 11.7 Å². The maximum Gasteiger partial charge on any atom is 0.126 e. The van der Waals surface area contributed by atoms with Gasteiger partial charge < -0.3 is 10.6 Å². The highest BCUT2D eigenvalue weighted by molar-refractivity contribution is 5.21. The lowest BCUT2D eigenvalue weighted by Gasteiger charge is -2.32. The molecule has 112 valence electrons. The van der Waals surface area contributed by atoms with Gasteiger partial charge in [0.05, 0.1) is 0 Å². The molecule has 1 aromatic carbocycles. The summed E-state index contributed by atoms with van der Waals surface area (Å²) >= 11 is 0. The normalized spacial score (nSPS) is 21.9. The molecule has 20 heavy (non-hydrogen) atoms. The van der Waals surface area contributed by atoms with E-state index in [1.54, 1.807) is 0 Å². The Morgan fingerprint density at radius 3 is 2.65 bits per heavy atom. The van der Waals surface area contributed by atoms with Crippen LogP contribution in [0.3, 0.4) is 0 Å². The van der Waals surface area contributed by atoms with Gasteiger partial charge in [0.2, 0.25) is 0 Å². The second-order valence-corrected chi connectivity index (χ2v) is 5.82. The molecule has 2 N–H and O–H groups in total. The largest absolute Gasteiger partial charge is 0.324 e. The minimum absolute atomic E-state index is 0.304. The van der Waals surface area contributed by atoms with Crippen LogP contribution < -0.4 is 5.73 Å². The summed E-state index contributed by atoms with van der Waals surface area (Å²) in [6.07, 6.45) is 4.51. The SMILES string of the molecule is CCC1CCCN(CCC(N)c2cc(F)cc(F)c2)C1. The van der Waals surface area contributed by atoms with Gasteiger partial charge in [0, 0.05) is 18.7 Å². The summed E-state index contributed by atoms with van der Waals surface area (Å²) in [6, 6.07) is 3.24. The fourth-order valence-corrected chi connectivity index (χ4v) is 2.97. The van der Waals surface area contributed by atoms with Crippen molar-refractivity contribution >= 4 is 0 Å². The third kappa shape index (κ3) is 4.25. The van der Waals surface area contributed by atoms with E-state index in [4.69, 9.17) is 5.73 Å². The van der Waals surface area contributed by atoms with Crippen LogP contribution >= 0.6 is 0 Å². The van der Waals surface area contributed by atoms with Gasteiger partial charge in [-0.3, -0.25) is 0 Å². The van der Waals surface area contributed by atoms with Crippen LogP contribution in [0.4, 0.5) is 8.78 Å². The van der Waals surface area contributed by atoms with Crippen LogP contribution in [0.25, 0.3) is 0 Å². The van der Waals surface area contributed by atoms with Crippen molar-refractivity contribution in [2.75, 3.05) is 19.6 Å². The molecule has 0 amide bonds. The molecule has 0 radical (unpaired) electrons. The van der Waals surface area contributed by atoms with Crippen LogP contribution in [-0.4, -0.2) is 24.5 Å². The van der Waals surface area contributed by atoms with Crippen molar-refractivity contribution in [1.29, 1.82) is 0 Å². The minimum Gasteiger partial charge on any atom is -0.324 e. The highest BCUT2D eigenvalue weighted by Crippen LogP contribution is 2.22. The van der Waals surface area contributed by atoms with Crippen LogP contribution in [0.2, 0.25) is 0 Å². The molecule has 0 saturated carbocycles. The second kappa shape index (κ2) is 7.14. The zero-order chi connectivity index (χ0) is 14.5. The Kier molecular flexibility index (Phi) is 5.49. The molecule has 1 aliphatic heterocycles. The highest BCUT2D eigenvalue weighted by Gasteiger charge is 2.19. The summed E-state index contributed by atoms with van der Waals surface area (Å²) in [7, 11) is 0. The van der Waals surface area contributed by atoms with E-state index in [-0.39, 0.29) is 6.04 Å². The van der Waals surface area contributed by atoms with Crippen molar-refractivity contribution in [3.8, 4) is 0 Å². The Morgan fingerprint density at radius 2 is 2.00 bits per heavy atom. The molecule has 2 rings (SSSR count). The summed E-state index contributed by atoms with van der Waals surface area (Å²) in [5, 5.41) is 0. The Hall–Kier alpha value is -1.00. The molecule has 1 heterocycles. The number of likely N-dealkylation sites (tertiary alicyclic amines) is 1. The molecular formula is C16H24F2N2. The van der Waals surface area contributed by atoms with E-state index >= 15 is 0 Å². The summed E-state index contributed by atoms with van der Waals surface area (Å²) < 4.78 is 26.3. The van der Waals surface area contributed by atoms with Gasteiger partial charge in [0.25, 0.3) is 0 Å². The van der Waals surface area contributed by atoms with E-state index in [0.717, 1.165) is 38.0 Å². The van der Waals surface area contributed by atoms with Gasteiger partial charge in [0.1, 0.15) is 11.6 Å². The Labute approximate surface area is 120 Å². The molecule has 1 saturated heterocycles. The minimum atomic E-state index is -0.556. The summed E-state index contributed by atoms with van der Waals surface area (Å²) in [6.45, 7) is 5.37. The lowest BCUT2D eigenvalue weighted by atomic mass is 9.95. The molecule has 0 bridgehead atoms. The molecule has 2 unspecified atom stereocenters. The number of hydrogen-bond acceptors (Lipinski definition) is 2. The molecule has 1 aliphatic rings. The first kappa shape index (κ1) is 15.4. The average Bonchev–Trinajstić information content (AvgIpc) is 2.44. The fourth-order valence-electron chi connectivity index (χ4n) is 2.97. The number of nitrogens with zero attached hydrogens (tertiary/aromatic N) is 1. The van der Waals surface area contributed by atoms with Gasteiger partial charge in [-0.15, -0.1) is 0 Å². The lowest BCUT2D eigenvalue weighted by molar-refractivity contribution is 0.167. The van der Waals surface area contributed by atoms with Crippen LogP contribution in [-0.2, 0) is 0 Å². The second-order valence-electron chi connectivity index (χ2n) is 5.82. The topological polar surface area (TPSA) is 29.3 Å². The molecule has 1 aromatic rings. The summed E-state index contributed by atoms with van der Waals surface area (Å²) in [4.78, 5) is 2.42. The van der Waals surface area contributed by atoms with Crippen molar-refractivity contribution in [3.63, 3.8) is 0 Å². The van der Waals surface area contributed by atoms with Crippen LogP contribution in [0, 0.1) is 17.6 Å². The van der Waals surface area contributed by atoms with E-state index in [1.165, 1.54) is 31.4 Å². The van der Waals surface area contributed by atoms with Gasteiger partial charge in [-0.1, -0.05) is 13.3 Å². The zero-order valence-corrected chi connectivity index (χ0v) is 12.1. The zero-order valence-electron chi connectivity index (χ0n) is 12.1. The summed E-state index contributed by atoms with van der Waals surface area (Å²) in [5.41, 5.74) is 6.60. The molecular weight excluding hydrogens is 258 g/mol. The molecule has 2 atom stereocenters. The predicted molar refractivity (Wildman–Crippen MR) is 77.4 cm³/mol. The lowest BCUT2D eigenvalue weighted by Crippen LogP contribution is -2.36. The van der Waals surface area contributed by atoms with E-state index in [0.29, 0.717) is 5.56 Å². The van der Waals surface area contributed by atoms with Crippen LogP contribution in [0.1, 0.15) is 44.2 Å². The van der Waals surface area contributed by atoms with Crippen molar-refractivity contribution < 1.29 is 8.78 Å². The first-order valence-electron chi connectivity index (χ1n) is 7.52. The number of rotatable bonds is 5. The monoisotopic (exact) mass is 282 g/mol. The molecule has 0 spiro atoms. The quantitative estimate of drug-likeness (QED) is 0.896. The maximum atomic E-state index is 13.2. The third-order valence-corrected chi connectivity index (χ3v) is 4.25. The average molecular weight is 282 g/mol. The highest BCUT2D eigenvalue weighted by atomic mass is 19.1. The van der Waals surface area contributed by atoms with Gasteiger partial charge in [-0.25, -0.2) is 8.78 Å². The van der Waals surface area contributed by atoms with Gasteiger partial charge in [-0.2, -0.15) is 0 Å². The maximum absolute atomic E-state index is 13.2. The van der Waals surface area contributed by atoms with Gasteiger partial charge in [-0.05, 0) is 56.0 Å². The van der Waals surface area contributed by atoms with Crippen molar-refractivity contribution in [1.82, 2.24) is 4.90 Å². The number of halogens is 2. The number of hydrogen-bond donors (Lipinski definition) is 1. The number of benzene rings is 1. The Bertz CT molecular complexity index is 416. The van der Waals surface area contributed by atoms with E-state index in [9.17, 15) is 8.78 Å². The summed E-state index contributed by atoms with van der Waals surface area (Å²) in [5.74, 6) is -0.328. The molecule has 0 aliphatic carbocycles. The Balaban J connectivity index is 1.86. The van der Waals surface area contributed by atoms with Crippen LogP contribution in [0.5, 0.6) is 0 Å². The number of nitrogens with two attached hydrogens (primary N) is 1. The standard InChI is InChI=1S/C16H24F2N2/c1-2-12-4-3-6-20(11-12)7-5-16(19)13-8-14(17)10-15(18)9-13/h8-10,12,16H,2-7,11,19H2,1H3. The number of piperidine rings is 1. The van der Waals surface area contributed by atoms with Crippen molar-refractivity contribution in [3.05, 3.63) is 35.4 Å². The fraction of sp³-hybridized carbons (Fsp3) is 0.625. The molecule has 2 nitrogen and oxygen atoms in total. The predicted octanol–water partition coefficient (Wildman–Crippen LogP) is 3.48. The van der Waals surface area contributed by atoms with Crippen molar-refractivity contribution in [2.45, 2.75) is 38.6 Å².